The van der Waals surface area contributed by atoms with E-state index in [-0.39, 0.29) is 22.7 Å². The molecule has 2 fully saturated rings. The molecule has 2 atom stereocenters. The first-order valence-corrected chi connectivity index (χ1v) is 7.69. The summed E-state index contributed by atoms with van der Waals surface area (Å²) in [7, 11) is 0. The van der Waals surface area contributed by atoms with Gasteiger partial charge in [-0.2, -0.15) is 5.10 Å². The number of hydrogen-bond donors (Lipinski definition) is 2. The van der Waals surface area contributed by atoms with Crippen molar-refractivity contribution >= 4 is 29.3 Å². The molecule has 0 aromatic carbocycles. The van der Waals surface area contributed by atoms with Crippen LogP contribution >= 0.6 is 11.8 Å². The molecule has 108 valence electrons. The van der Waals surface area contributed by atoms with Gasteiger partial charge in [0.15, 0.2) is 0 Å². The van der Waals surface area contributed by atoms with Crippen molar-refractivity contribution in [2.45, 2.75) is 44.5 Å². The second-order valence-corrected chi connectivity index (χ2v) is 7.07. The van der Waals surface area contributed by atoms with Crippen LogP contribution in [0.25, 0.3) is 0 Å². The van der Waals surface area contributed by atoms with Gasteiger partial charge in [-0.25, -0.2) is 0 Å². The van der Waals surface area contributed by atoms with Gasteiger partial charge >= 0.3 is 0 Å². The molecule has 2 aliphatic heterocycles. The lowest BCUT2D eigenvalue weighted by Gasteiger charge is -2.29. The summed E-state index contributed by atoms with van der Waals surface area (Å²) in [6.45, 7) is 5.75. The number of nitrogens with one attached hydrogen (secondary N) is 2. The Hall–Kier alpha value is -1.50. The van der Waals surface area contributed by atoms with Crippen LogP contribution in [0.15, 0.2) is 0 Å². The van der Waals surface area contributed by atoms with E-state index >= 15 is 0 Å². The molecule has 0 aliphatic carbocycles. The third kappa shape index (κ3) is 1.91. The smallest absolute Gasteiger partial charge is 0.248 e. The van der Waals surface area contributed by atoms with Gasteiger partial charge in [0.25, 0.3) is 0 Å². The Bertz CT molecular complexity index is 565. The number of carbonyl (C=O) groups is 2. The SMILES string of the molecule is Cc1n[nH]c(C)c1NC(=O)C1CSC2(C)CCC(=O)N12. The molecule has 3 heterocycles. The Labute approximate surface area is 121 Å². The summed E-state index contributed by atoms with van der Waals surface area (Å²) in [6.07, 6.45) is 1.36. The predicted octanol–water partition coefficient (Wildman–Crippen LogP) is 1.42. The van der Waals surface area contributed by atoms with Crippen molar-refractivity contribution in [2.24, 2.45) is 0 Å². The molecular weight excluding hydrogens is 276 g/mol. The van der Waals surface area contributed by atoms with Crippen molar-refractivity contribution in [3.05, 3.63) is 11.4 Å². The van der Waals surface area contributed by atoms with Crippen molar-refractivity contribution in [1.82, 2.24) is 15.1 Å². The monoisotopic (exact) mass is 294 g/mol. The number of carbonyl (C=O) groups excluding carboxylic acids is 2. The molecule has 2 unspecified atom stereocenters. The van der Waals surface area contributed by atoms with Crippen LogP contribution in [-0.4, -0.2) is 43.6 Å². The topological polar surface area (TPSA) is 78.1 Å². The zero-order valence-corrected chi connectivity index (χ0v) is 12.6. The minimum atomic E-state index is -0.381. The van der Waals surface area contributed by atoms with E-state index in [0.29, 0.717) is 12.2 Å². The lowest BCUT2D eigenvalue weighted by atomic mass is 10.2. The number of nitrogens with zero attached hydrogens (tertiary/aromatic N) is 2. The van der Waals surface area contributed by atoms with Crippen LogP contribution in [0, 0.1) is 13.8 Å². The lowest BCUT2D eigenvalue weighted by Crippen LogP contribution is -2.48. The van der Waals surface area contributed by atoms with E-state index in [4.69, 9.17) is 0 Å². The van der Waals surface area contributed by atoms with E-state index < -0.39 is 0 Å². The molecule has 0 bridgehead atoms. The van der Waals surface area contributed by atoms with Crippen LogP contribution in [0.5, 0.6) is 0 Å². The molecule has 2 aliphatic rings. The minimum absolute atomic E-state index is 0.0817. The summed E-state index contributed by atoms with van der Waals surface area (Å²) in [5.41, 5.74) is 2.31. The van der Waals surface area contributed by atoms with Crippen LogP contribution in [0.4, 0.5) is 5.69 Å². The summed E-state index contributed by atoms with van der Waals surface area (Å²) in [6, 6.07) is -0.381. The second kappa shape index (κ2) is 4.51. The summed E-state index contributed by atoms with van der Waals surface area (Å²) in [5.74, 6) is 0.617. The number of rotatable bonds is 2. The number of aryl methyl sites for hydroxylation is 2. The number of fused-ring (bicyclic) bond motifs is 1. The van der Waals surface area contributed by atoms with E-state index in [2.05, 4.69) is 15.5 Å². The highest BCUT2D eigenvalue weighted by Gasteiger charge is 2.52. The molecule has 0 saturated carbocycles. The van der Waals surface area contributed by atoms with Crippen molar-refractivity contribution in [1.29, 1.82) is 0 Å². The quantitative estimate of drug-likeness (QED) is 0.864. The summed E-state index contributed by atoms with van der Waals surface area (Å²) >= 11 is 1.70. The fourth-order valence-electron chi connectivity index (χ4n) is 2.96. The van der Waals surface area contributed by atoms with Crippen LogP contribution in [-0.2, 0) is 9.59 Å². The average Bonchev–Trinajstić information content (AvgIpc) is 2.99. The van der Waals surface area contributed by atoms with Gasteiger partial charge in [0.2, 0.25) is 11.8 Å². The Balaban J connectivity index is 1.80. The molecule has 2 saturated heterocycles. The zero-order valence-electron chi connectivity index (χ0n) is 11.8. The van der Waals surface area contributed by atoms with Gasteiger partial charge in [-0.3, -0.25) is 14.7 Å². The maximum atomic E-state index is 12.5. The van der Waals surface area contributed by atoms with E-state index in [1.807, 2.05) is 20.8 Å². The molecule has 0 spiro atoms. The summed E-state index contributed by atoms with van der Waals surface area (Å²) in [4.78, 5) is 26.1. The number of anilines is 1. The molecule has 1 aromatic heterocycles. The normalized spacial score (nSPS) is 28.9. The number of amides is 2. The Kier molecular flexibility index (Phi) is 3.04. The van der Waals surface area contributed by atoms with Crippen LogP contribution < -0.4 is 5.32 Å². The predicted molar refractivity (Wildman–Crippen MR) is 77.4 cm³/mol. The second-order valence-electron chi connectivity index (χ2n) is 5.56. The molecular formula is C13H18N4O2S. The van der Waals surface area contributed by atoms with Gasteiger partial charge in [0.1, 0.15) is 6.04 Å². The number of H-pyrrole nitrogens is 1. The number of thioether (sulfide) groups is 1. The van der Waals surface area contributed by atoms with Crippen LogP contribution in [0.1, 0.15) is 31.2 Å². The van der Waals surface area contributed by atoms with Gasteiger partial charge in [-0.1, -0.05) is 0 Å². The van der Waals surface area contributed by atoms with E-state index in [1.165, 1.54) is 0 Å². The fraction of sp³-hybridized carbons (Fsp3) is 0.615. The lowest BCUT2D eigenvalue weighted by molar-refractivity contribution is -0.135. The Morgan fingerprint density at radius 3 is 2.95 bits per heavy atom. The fourth-order valence-corrected chi connectivity index (χ4v) is 4.39. The first kappa shape index (κ1) is 13.5. The number of hydrogen-bond acceptors (Lipinski definition) is 4. The average molecular weight is 294 g/mol. The largest absolute Gasteiger partial charge is 0.321 e. The van der Waals surface area contributed by atoms with Gasteiger partial charge in [0, 0.05) is 12.2 Å². The molecule has 7 heteroatoms. The Morgan fingerprint density at radius 2 is 2.30 bits per heavy atom. The van der Waals surface area contributed by atoms with Gasteiger partial charge < -0.3 is 10.2 Å². The van der Waals surface area contributed by atoms with Crippen molar-refractivity contribution in [3.63, 3.8) is 0 Å². The molecule has 2 amide bonds. The zero-order chi connectivity index (χ0) is 14.5. The highest BCUT2D eigenvalue weighted by Crippen LogP contribution is 2.47. The minimum Gasteiger partial charge on any atom is -0.321 e. The van der Waals surface area contributed by atoms with Gasteiger partial charge in [-0.05, 0) is 27.2 Å². The standard InChI is InChI=1S/C13H18N4O2S/c1-7-11(8(2)16-15-7)14-12(19)9-6-20-13(3)5-4-10(18)17(9)13/h9H,4-6H2,1-3H3,(H,14,19)(H,15,16). The molecule has 20 heavy (non-hydrogen) atoms. The van der Waals surface area contributed by atoms with Gasteiger partial charge in [-0.15, -0.1) is 11.8 Å². The number of aromatic nitrogens is 2. The maximum absolute atomic E-state index is 12.5. The highest BCUT2D eigenvalue weighted by molar-refractivity contribution is 8.01. The third-order valence-electron chi connectivity index (χ3n) is 4.12. The Morgan fingerprint density at radius 1 is 1.55 bits per heavy atom. The molecule has 1 aromatic rings. The summed E-state index contributed by atoms with van der Waals surface area (Å²) in [5, 5.41) is 9.82. The van der Waals surface area contributed by atoms with Crippen LogP contribution in [0.2, 0.25) is 0 Å². The van der Waals surface area contributed by atoms with E-state index in [9.17, 15) is 9.59 Å². The van der Waals surface area contributed by atoms with Crippen molar-refractivity contribution in [3.8, 4) is 0 Å². The number of aromatic amines is 1. The van der Waals surface area contributed by atoms with Crippen LogP contribution in [0.3, 0.4) is 0 Å². The van der Waals surface area contributed by atoms with Crippen molar-refractivity contribution in [2.75, 3.05) is 11.1 Å². The molecule has 3 rings (SSSR count). The maximum Gasteiger partial charge on any atom is 0.248 e. The summed E-state index contributed by atoms with van der Waals surface area (Å²) < 4.78 is 0. The van der Waals surface area contributed by atoms with Crippen molar-refractivity contribution < 1.29 is 9.59 Å². The molecule has 2 N–H and O–H groups in total. The van der Waals surface area contributed by atoms with E-state index in [1.54, 1.807) is 16.7 Å². The first-order chi connectivity index (χ1) is 9.42. The van der Waals surface area contributed by atoms with E-state index in [0.717, 1.165) is 23.5 Å². The first-order valence-electron chi connectivity index (χ1n) is 6.71. The molecule has 6 nitrogen and oxygen atoms in total. The van der Waals surface area contributed by atoms with Gasteiger partial charge in [0.05, 0.1) is 21.9 Å². The third-order valence-corrected chi connectivity index (χ3v) is 5.63. The molecule has 0 radical (unpaired) electrons. The highest BCUT2D eigenvalue weighted by atomic mass is 32.2.